The normalized spacial score (nSPS) is 20.6. The van der Waals surface area contributed by atoms with Crippen molar-refractivity contribution in [2.45, 2.75) is 33.2 Å². The van der Waals surface area contributed by atoms with E-state index in [1.165, 1.54) is 5.69 Å². The van der Waals surface area contributed by atoms with Crippen molar-refractivity contribution < 1.29 is 9.90 Å². The molecular weight excluding hydrogens is 180 g/mol. The molecular formula is C10H14N2O2. The van der Waals surface area contributed by atoms with E-state index in [1.807, 2.05) is 13.8 Å². The molecule has 1 N–H and O–H groups in total. The zero-order valence-electron chi connectivity index (χ0n) is 8.45. The third kappa shape index (κ3) is 1.31. The minimum Gasteiger partial charge on any atom is -0.481 e. The summed E-state index contributed by atoms with van der Waals surface area (Å²) in [5, 5.41) is 8.90. The monoisotopic (exact) mass is 194 g/mol. The third-order valence-electron chi connectivity index (χ3n) is 3.02. The van der Waals surface area contributed by atoms with Crippen molar-refractivity contribution in [1.82, 2.24) is 9.55 Å². The number of aryl methyl sites for hydroxylation is 1. The van der Waals surface area contributed by atoms with Crippen molar-refractivity contribution in [1.29, 1.82) is 0 Å². The van der Waals surface area contributed by atoms with Gasteiger partial charge in [-0.15, -0.1) is 0 Å². The van der Waals surface area contributed by atoms with Gasteiger partial charge in [0.2, 0.25) is 0 Å². The van der Waals surface area contributed by atoms with E-state index in [1.54, 1.807) is 0 Å². The van der Waals surface area contributed by atoms with Gasteiger partial charge in [0.15, 0.2) is 0 Å². The van der Waals surface area contributed by atoms with Gasteiger partial charge in [-0.2, -0.15) is 0 Å². The Kier molecular flexibility index (Phi) is 2.06. The number of carboxylic acids is 1. The molecule has 1 atom stereocenters. The Bertz CT molecular complexity index is 382. The van der Waals surface area contributed by atoms with Crippen LogP contribution in [0.25, 0.3) is 0 Å². The van der Waals surface area contributed by atoms with Gasteiger partial charge in [-0.3, -0.25) is 4.79 Å². The first-order chi connectivity index (χ1) is 6.59. The van der Waals surface area contributed by atoms with Crippen molar-refractivity contribution in [2.24, 2.45) is 5.92 Å². The highest BCUT2D eigenvalue weighted by molar-refractivity contribution is 5.70. The van der Waals surface area contributed by atoms with E-state index in [-0.39, 0.29) is 5.92 Å². The van der Waals surface area contributed by atoms with Crippen LogP contribution in [0.5, 0.6) is 0 Å². The summed E-state index contributed by atoms with van der Waals surface area (Å²) in [6, 6.07) is 0. The van der Waals surface area contributed by atoms with Crippen LogP contribution < -0.4 is 0 Å². The fourth-order valence-corrected chi connectivity index (χ4v) is 1.99. The maximum Gasteiger partial charge on any atom is 0.307 e. The lowest BCUT2D eigenvalue weighted by Crippen LogP contribution is -2.26. The molecule has 0 saturated carbocycles. The number of fused-ring (bicyclic) bond motifs is 1. The van der Waals surface area contributed by atoms with Crippen molar-refractivity contribution in [3.05, 3.63) is 17.2 Å². The Hall–Kier alpha value is -1.32. The lowest BCUT2D eigenvalue weighted by Gasteiger charge is -2.20. The number of aromatic nitrogens is 2. The zero-order chi connectivity index (χ0) is 10.3. The highest BCUT2D eigenvalue weighted by atomic mass is 16.4. The van der Waals surface area contributed by atoms with Gasteiger partial charge >= 0.3 is 5.97 Å². The average molecular weight is 194 g/mol. The van der Waals surface area contributed by atoms with Gasteiger partial charge in [0.1, 0.15) is 5.82 Å². The van der Waals surface area contributed by atoms with Gasteiger partial charge in [0.25, 0.3) is 0 Å². The van der Waals surface area contributed by atoms with Crippen LogP contribution in [0.15, 0.2) is 0 Å². The lowest BCUT2D eigenvalue weighted by molar-refractivity contribution is -0.142. The number of carbonyl (C=O) groups is 1. The molecule has 0 unspecified atom stereocenters. The quantitative estimate of drug-likeness (QED) is 0.729. The Morgan fingerprint density at radius 1 is 1.57 bits per heavy atom. The molecule has 4 heteroatoms. The van der Waals surface area contributed by atoms with Gasteiger partial charge in [-0.1, -0.05) is 0 Å². The molecule has 0 fully saturated rings. The van der Waals surface area contributed by atoms with E-state index >= 15 is 0 Å². The van der Waals surface area contributed by atoms with Crippen LogP contribution in [0.2, 0.25) is 0 Å². The standard InChI is InChI=1S/C10H14N2O2/c1-6-7(2)12-4-3-8(10(13)14)5-9(12)11-6/h8H,3-5H2,1-2H3,(H,13,14)/t8-/m1/s1. The fourth-order valence-electron chi connectivity index (χ4n) is 1.99. The third-order valence-corrected chi connectivity index (χ3v) is 3.02. The number of aliphatic carboxylic acids is 1. The maximum absolute atomic E-state index is 10.8. The molecule has 0 aromatic carbocycles. The van der Waals surface area contributed by atoms with Crippen LogP contribution in [0.1, 0.15) is 23.6 Å². The summed E-state index contributed by atoms with van der Waals surface area (Å²) in [4.78, 5) is 15.2. The molecule has 0 amide bonds. The van der Waals surface area contributed by atoms with E-state index in [9.17, 15) is 4.79 Å². The molecule has 14 heavy (non-hydrogen) atoms. The molecule has 76 valence electrons. The molecule has 4 nitrogen and oxygen atoms in total. The van der Waals surface area contributed by atoms with E-state index in [2.05, 4.69) is 9.55 Å². The summed E-state index contributed by atoms with van der Waals surface area (Å²) < 4.78 is 2.13. The Morgan fingerprint density at radius 3 is 2.93 bits per heavy atom. The lowest BCUT2D eigenvalue weighted by atomic mass is 9.98. The second-order valence-corrected chi connectivity index (χ2v) is 3.88. The van der Waals surface area contributed by atoms with Crippen molar-refractivity contribution in [2.75, 3.05) is 0 Å². The molecule has 0 saturated heterocycles. The topological polar surface area (TPSA) is 55.1 Å². The minimum atomic E-state index is -0.699. The van der Waals surface area contributed by atoms with Crippen molar-refractivity contribution >= 4 is 5.97 Å². The molecule has 0 radical (unpaired) electrons. The van der Waals surface area contributed by atoms with Crippen molar-refractivity contribution in [3.63, 3.8) is 0 Å². The highest BCUT2D eigenvalue weighted by Gasteiger charge is 2.26. The molecule has 1 aromatic rings. The fraction of sp³-hybridized carbons (Fsp3) is 0.600. The average Bonchev–Trinajstić information content (AvgIpc) is 2.42. The summed E-state index contributed by atoms with van der Waals surface area (Å²) in [6.07, 6.45) is 1.29. The van der Waals surface area contributed by atoms with Crippen LogP contribution in [-0.4, -0.2) is 20.6 Å². The van der Waals surface area contributed by atoms with Crippen LogP contribution in [0.4, 0.5) is 0 Å². The van der Waals surface area contributed by atoms with E-state index in [4.69, 9.17) is 5.11 Å². The Morgan fingerprint density at radius 2 is 2.29 bits per heavy atom. The second kappa shape index (κ2) is 3.12. The van der Waals surface area contributed by atoms with Gasteiger partial charge in [-0.05, 0) is 20.3 Å². The predicted octanol–water partition coefficient (Wildman–Crippen LogP) is 1.15. The van der Waals surface area contributed by atoms with Gasteiger partial charge in [0, 0.05) is 18.7 Å². The van der Waals surface area contributed by atoms with Crippen molar-refractivity contribution in [3.8, 4) is 0 Å². The Labute approximate surface area is 82.6 Å². The van der Waals surface area contributed by atoms with Gasteiger partial charge < -0.3 is 9.67 Å². The number of carboxylic acid groups (broad SMARTS) is 1. The Balaban J connectivity index is 2.31. The molecule has 0 bridgehead atoms. The smallest absolute Gasteiger partial charge is 0.307 e. The van der Waals surface area contributed by atoms with Gasteiger partial charge in [-0.25, -0.2) is 4.98 Å². The SMILES string of the molecule is Cc1nc2n(c1C)CC[C@@H](C(=O)O)C2. The first-order valence-corrected chi connectivity index (χ1v) is 4.85. The molecule has 2 rings (SSSR count). The first-order valence-electron chi connectivity index (χ1n) is 4.85. The summed E-state index contributed by atoms with van der Waals surface area (Å²) in [6.45, 7) is 4.79. The zero-order valence-corrected chi connectivity index (χ0v) is 8.45. The minimum absolute atomic E-state index is 0.247. The van der Waals surface area contributed by atoms with E-state index in [0.717, 1.165) is 24.5 Å². The molecule has 2 heterocycles. The van der Waals surface area contributed by atoms with Crippen LogP contribution in [-0.2, 0) is 17.8 Å². The summed E-state index contributed by atoms with van der Waals surface area (Å²) in [5.74, 6) is -0.0168. The van der Waals surface area contributed by atoms with Crippen LogP contribution in [0, 0.1) is 19.8 Å². The predicted molar refractivity (Wildman–Crippen MR) is 51.1 cm³/mol. The second-order valence-electron chi connectivity index (χ2n) is 3.88. The summed E-state index contributed by atoms with van der Waals surface area (Å²) in [7, 11) is 0. The van der Waals surface area contributed by atoms with Crippen LogP contribution >= 0.6 is 0 Å². The number of hydrogen-bond donors (Lipinski definition) is 1. The first kappa shape index (κ1) is 9.24. The number of hydrogen-bond acceptors (Lipinski definition) is 2. The number of imidazole rings is 1. The summed E-state index contributed by atoms with van der Waals surface area (Å²) >= 11 is 0. The molecule has 0 aliphatic carbocycles. The summed E-state index contributed by atoms with van der Waals surface area (Å²) in [5.41, 5.74) is 2.19. The molecule has 1 aromatic heterocycles. The molecule has 1 aliphatic rings. The van der Waals surface area contributed by atoms with Gasteiger partial charge in [0.05, 0.1) is 11.6 Å². The van der Waals surface area contributed by atoms with E-state index in [0.29, 0.717) is 6.42 Å². The van der Waals surface area contributed by atoms with E-state index < -0.39 is 5.97 Å². The molecule has 1 aliphatic heterocycles. The maximum atomic E-state index is 10.8. The number of nitrogens with zero attached hydrogens (tertiary/aromatic N) is 2. The largest absolute Gasteiger partial charge is 0.481 e. The van der Waals surface area contributed by atoms with Crippen LogP contribution in [0.3, 0.4) is 0 Å². The molecule has 0 spiro atoms. The number of rotatable bonds is 1. The highest BCUT2D eigenvalue weighted by Crippen LogP contribution is 2.22.